The lowest BCUT2D eigenvalue weighted by Crippen LogP contribution is -2.46. The van der Waals surface area contributed by atoms with Crippen molar-refractivity contribution in [1.29, 1.82) is 0 Å². The van der Waals surface area contributed by atoms with Crippen LogP contribution in [0.25, 0.3) is 0 Å². The highest BCUT2D eigenvalue weighted by molar-refractivity contribution is 7.89. The topological polar surface area (TPSA) is 484 Å². The van der Waals surface area contributed by atoms with Gasteiger partial charge in [-0.3, -0.25) is 62.3 Å². The molecule has 1 fully saturated rings. The van der Waals surface area contributed by atoms with Gasteiger partial charge >= 0.3 is 5.97 Å². The van der Waals surface area contributed by atoms with Crippen molar-refractivity contribution in [3.63, 3.8) is 0 Å². The van der Waals surface area contributed by atoms with E-state index in [1.165, 1.54) is 54.6 Å². The highest BCUT2D eigenvalue weighted by atomic mass is 32.2. The molecule has 3 unspecified atom stereocenters. The van der Waals surface area contributed by atoms with Crippen molar-refractivity contribution in [2.24, 2.45) is 11.8 Å². The lowest BCUT2D eigenvalue weighted by Gasteiger charge is -2.28. The van der Waals surface area contributed by atoms with E-state index in [9.17, 15) is 94.6 Å². The smallest absolute Gasteiger partial charge is 0.347 e. The number of nitrogens with zero attached hydrogens (tertiary/aromatic N) is 3. The average molecular weight is 1360 g/mol. The average Bonchev–Trinajstić information content (AvgIpc) is 1.66. The van der Waals surface area contributed by atoms with E-state index in [-0.39, 0.29) is 156 Å². The number of para-hydroxylation sites is 3. The largest absolute Gasteiger partial charge is 0.506 e. The molecule has 5 heterocycles. The Morgan fingerprint density at radius 1 is 0.453 bits per heavy atom. The first-order chi connectivity index (χ1) is 45.2. The predicted molar refractivity (Wildman–Crippen MR) is 332 cm³/mol. The molecule has 0 aromatic heterocycles. The van der Waals surface area contributed by atoms with Gasteiger partial charge in [-0.15, -0.1) is 5.06 Å². The number of carbonyl (C=O) groups excluding carboxylic acids is 11. The van der Waals surface area contributed by atoms with Gasteiger partial charge in [-0.2, -0.15) is 13.1 Å². The van der Waals surface area contributed by atoms with Crippen LogP contribution >= 0.6 is 0 Å². The summed E-state index contributed by atoms with van der Waals surface area (Å²) in [6.07, 6.45) is 2.72. The Labute approximate surface area is 543 Å². The van der Waals surface area contributed by atoms with Crippen molar-refractivity contribution in [3.8, 4) is 23.0 Å². The van der Waals surface area contributed by atoms with Gasteiger partial charge in [0.05, 0.1) is 55.8 Å². The van der Waals surface area contributed by atoms with Gasteiger partial charge in [-0.1, -0.05) is 30.4 Å². The van der Waals surface area contributed by atoms with E-state index in [1.54, 1.807) is 22.0 Å². The molecular formula is C60H70N12O21S2. The van der Waals surface area contributed by atoms with Gasteiger partial charge in [0, 0.05) is 91.6 Å². The molecule has 12 bridgehead atoms. The van der Waals surface area contributed by atoms with Crippen LogP contribution in [-0.4, -0.2) is 225 Å². The molecule has 0 radical (unpaired) electrons. The van der Waals surface area contributed by atoms with Crippen molar-refractivity contribution in [1.82, 2.24) is 62.1 Å². The second-order valence-corrected chi connectivity index (χ2v) is 25.7. The first kappa shape index (κ1) is 70.8. The molecule has 5 aliphatic heterocycles. The summed E-state index contributed by atoms with van der Waals surface area (Å²) < 4.78 is 62.6. The van der Waals surface area contributed by atoms with Crippen LogP contribution in [-0.2, 0) is 39.4 Å². The van der Waals surface area contributed by atoms with Crippen molar-refractivity contribution in [2.75, 3.05) is 98.2 Å². The molecule has 35 heteroatoms. The molecule has 5 aliphatic rings. The zero-order valence-electron chi connectivity index (χ0n) is 50.8. The Hall–Kier alpha value is -10.1. The lowest BCUT2D eigenvalue weighted by molar-refractivity contribution is -0.196. The third-order valence-electron chi connectivity index (χ3n) is 15.9. The number of phenolic OH excluding ortho intramolecular Hbond substituents is 4. The van der Waals surface area contributed by atoms with E-state index in [0.717, 1.165) is 0 Å². The van der Waals surface area contributed by atoms with Crippen LogP contribution in [0, 0.1) is 11.8 Å². The number of benzene rings is 4. The molecule has 95 heavy (non-hydrogen) atoms. The monoisotopic (exact) mass is 1360 g/mol. The molecule has 1 saturated heterocycles. The second kappa shape index (κ2) is 31.7. The predicted octanol–water partition coefficient (Wildman–Crippen LogP) is -1.81. The minimum absolute atomic E-state index is 0.00260. The molecule has 4 aromatic rings. The number of nitrogens with one attached hydrogen (secondary N) is 9. The number of sulfonamides is 1. The van der Waals surface area contributed by atoms with Crippen molar-refractivity contribution >= 4 is 85.2 Å². The van der Waals surface area contributed by atoms with Gasteiger partial charge in [-0.05, 0) is 86.1 Å². The summed E-state index contributed by atoms with van der Waals surface area (Å²) in [6, 6.07) is 13.5. The molecular weight excluding hydrogens is 1290 g/mol. The van der Waals surface area contributed by atoms with Gasteiger partial charge < -0.3 is 67.8 Å². The number of aromatic hydroxyl groups is 4. The normalized spacial score (nSPS) is 22.0. The minimum atomic E-state index is -5.13. The van der Waals surface area contributed by atoms with E-state index >= 15 is 0 Å². The van der Waals surface area contributed by atoms with E-state index in [4.69, 9.17) is 0 Å². The van der Waals surface area contributed by atoms with Crippen LogP contribution in [0.4, 0.5) is 0 Å². The van der Waals surface area contributed by atoms with Gasteiger partial charge in [0.25, 0.3) is 69.2 Å². The number of allylic oxidation sites excluding steroid dienone is 2. The Morgan fingerprint density at radius 2 is 0.747 bits per heavy atom. The zero-order chi connectivity index (χ0) is 68.7. The number of amides is 10. The first-order valence-electron chi connectivity index (χ1n) is 30.0. The maximum absolute atomic E-state index is 14.3. The first-order valence-corrected chi connectivity index (χ1v) is 33.0. The highest BCUT2D eigenvalue weighted by Crippen LogP contribution is 2.30. The minimum Gasteiger partial charge on any atom is -0.506 e. The Morgan fingerprint density at radius 3 is 1.05 bits per heavy atom. The second-order valence-electron chi connectivity index (χ2n) is 22.3. The van der Waals surface area contributed by atoms with Crippen LogP contribution in [0.15, 0.2) is 83.8 Å². The third kappa shape index (κ3) is 18.2. The SMILES string of the molecule is O=C(CNS(=O)(=O)c1cc2c(O)c(c1)C(=O)NCCN1CCNC(=O)c3cccc(c3O)C(=O)NCCC(/C=C/C3CCNC(=O)c4cccc(c4O)C(=O)NCCN(CCNC(=O)c4cccc(c4O)C(=O)NCC3)CC1)CCNC2=O)ON1C(=O)CC(S(=O)(=O)O)C1=O. The molecule has 508 valence electrons. The number of fused-ring (bicyclic) bond motifs is 15. The van der Waals surface area contributed by atoms with Crippen LogP contribution in [0.5, 0.6) is 23.0 Å². The number of phenols is 4. The zero-order valence-corrected chi connectivity index (χ0v) is 52.4. The quantitative estimate of drug-likeness (QED) is 0.0575. The molecule has 10 amide bonds. The van der Waals surface area contributed by atoms with Crippen LogP contribution < -0.4 is 47.3 Å². The third-order valence-corrected chi connectivity index (χ3v) is 18.4. The Kier molecular flexibility index (Phi) is 23.6. The number of hydrogen-bond donors (Lipinski definition) is 14. The van der Waals surface area contributed by atoms with E-state index in [0.29, 0.717) is 12.1 Å². The number of carbonyl (C=O) groups is 11. The van der Waals surface area contributed by atoms with Crippen LogP contribution in [0.1, 0.15) is 115 Å². The molecule has 14 N–H and O–H groups in total. The van der Waals surface area contributed by atoms with Gasteiger partial charge in [0.2, 0.25) is 10.0 Å². The highest BCUT2D eigenvalue weighted by Gasteiger charge is 2.48. The molecule has 0 aliphatic carbocycles. The number of imide groups is 1. The fourth-order valence-electron chi connectivity index (χ4n) is 10.6. The fourth-order valence-corrected chi connectivity index (χ4v) is 12.3. The Bertz CT molecular complexity index is 3870. The molecule has 3 atom stereocenters. The number of hydroxylamine groups is 2. The van der Waals surface area contributed by atoms with Crippen LogP contribution in [0.3, 0.4) is 0 Å². The summed E-state index contributed by atoms with van der Waals surface area (Å²) in [5.74, 6) is -15.4. The van der Waals surface area contributed by atoms with E-state index in [1.807, 2.05) is 4.72 Å². The van der Waals surface area contributed by atoms with Crippen molar-refractivity contribution in [3.05, 3.63) is 123 Å². The van der Waals surface area contributed by atoms with Crippen LogP contribution in [0.2, 0.25) is 0 Å². The standard InChI is InChI=1S/C60H70N12O21S2/c73-46-32-45(95(90,91)92)60(87)72(46)93-47(74)33-69-94(88,89)36-30-43-51(78)44(31-36)59(86)68-23-27-71-26-22-67-57(84)42-9-3-6-39(50(42)77)54(81)63-18-14-35(15-19-64-58(43)85)11-10-34-12-16-61-52(79)37-4-1-7-40(48(37)75)55(82)65-20-24-70(28-29-71)25-21-66-56(83)41-8-2-5-38(49(41)76)53(80)62-17-13-34/h1-11,30-31,34-35,45,69,75-78H,12-29,32-33H2,(H,61,79)(H,62,80)(H,63,81)(H,64,85)(H,65,82)(H,66,83)(H,67,84)(H,68,86)(H,90,91,92)/b11-10+. The summed E-state index contributed by atoms with van der Waals surface area (Å²) in [6.45, 7) is -2.42. The van der Waals surface area contributed by atoms with Gasteiger partial charge in [-0.25, -0.2) is 13.2 Å². The summed E-state index contributed by atoms with van der Waals surface area (Å²) in [7, 11) is -10.2. The van der Waals surface area contributed by atoms with Gasteiger partial charge in [0.1, 0.15) is 29.5 Å². The number of hydrogen-bond acceptors (Lipinski definition) is 22. The molecule has 9 rings (SSSR count). The molecule has 0 saturated carbocycles. The van der Waals surface area contributed by atoms with Crippen molar-refractivity contribution in [2.45, 2.75) is 42.2 Å². The maximum atomic E-state index is 14.3. The number of rotatable bonds is 6. The molecule has 33 nitrogen and oxygen atoms in total. The summed E-state index contributed by atoms with van der Waals surface area (Å²) in [4.78, 5) is 156. The van der Waals surface area contributed by atoms with E-state index < -0.39 is 154 Å². The molecule has 0 spiro atoms. The van der Waals surface area contributed by atoms with Crippen molar-refractivity contribution < 1.29 is 99.4 Å². The summed E-state index contributed by atoms with van der Waals surface area (Å²) in [5, 5.41) is 64.8. The fraction of sp³-hybridized carbons (Fsp3) is 0.383. The summed E-state index contributed by atoms with van der Waals surface area (Å²) >= 11 is 0. The maximum Gasteiger partial charge on any atom is 0.347 e. The molecule has 4 aromatic carbocycles. The van der Waals surface area contributed by atoms with E-state index in [2.05, 4.69) is 47.4 Å². The lowest BCUT2D eigenvalue weighted by atomic mass is 9.94. The Balaban J connectivity index is 1.19. The van der Waals surface area contributed by atoms with Gasteiger partial charge in [0.15, 0.2) is 5.25 Å². The summed E-state index contributed by atoms with van der Waals surface area (Å²) in [5.41, 5.74) is -2.93.